The number of nitrogens with zero attached hydrogens (tertiary/aromatic N) is 2. The van der Waals surface area contributed by atoms with Crippen molar-refractivity contribution < 1.29 is 4.74 Å². The normalized spacial score (nSPS) is 19.2. The lowest BCUT2D eigenvalue weighted by Crippen LogP contribution is -2.40. The van der Waals surface area contributed by atoms with E-state index in [4.69, 9.17) is 4.74 Å². The van der Waals surface area contributed by atoms with E-state index in [0.29, 0.717) is 0 Å². The Balaban J connectivity index is 1.84. The highest BCUT2D eigenvalue weighted by Gasteiger charge is 2.28. The fourth-order valence-corrected chi connectivity index (χ4v) is 3.10. The van der Waals surface area contributed by atoms with E-state index < -0.39 is 0 Å². The number of hydrogen-bond acceptors (Lipinski definition) is 3. The van der Waals surface area contributed by atoms with Gasteiger partial charge in [0, 0.05) is 25.7 Å². The van der Waals surface area contributed by atoms with Crippen molar-refractivity contribution in [3.8, 4) is 0 Å². The maximum atomic E-state index is 6.10. The zero-order valence-corrected chi connectivity index (χ0v) is 12.7. The lowest BCUT2D eigenvalue weighted by Gasteiger charge is -2.32. The molecule has 2 aromatic rings. The van der Waals surface area contributed by atoms with Gasteiger partial charge in [-0.2, -0.15) is 5.10 Å². The SMILES string of the molecule is CCNC(Cc1ccn(C)n1)C1OCCc2ccccc21. The fourth-order valence-electron chi connectivity index (χ4n) is 3.10. The summed E-state index contributed by atoms with van der Waals surface area (Å²) in [4.78, 5) is 0. The summed E-state index contributed by atoms with van der Waals surface area (Å²) in [5, 5.41) is 8.08. The minimum atomic E-state index is 0.108. The van der Waals surface area contributed by atoms with Crippen LogP contribution in [0, 0.1) is 0 Å². The van der Waals surface area contributed by atoms with Crippen LogP contribution in [-0.4, -0.2) is 29.0 Å². The van der Waals surface area contributed by atoms with Gasteiger partial charge >= 0.3 is 0 Å². The highest BCUT2D eigenvalue weighted by atomic mass is 16.5. The summed E-state index contributed by atoms with van der Waals surface area (Å²) in [7, 11) is 1.96. The Bertz CT molecular complexity index is 593. The van der Waals surface area contributed by atoms with Crippen molar-refractivity contribution in [1.29, 1.82) is 0 Å². The van der Waals surface area contributed by atoms with E-state index >= 15 is 0 Å². The first-order chi connectivity index (χ1) is 10.3. The van der Waals surface area contributed by atoms with Gasteiger partial charge in [-0.05, 0) is 30.2 Å². The van der Waals surface area contributed by atoms with Crippen LogP contribution in [0.5, 0.6) is 0 Å². The van der Waals surface area contributed by atoms with Gasteiger partial charge in [-0.1, -0.05) is 31.2 Å². The highest BCUT2D eigenvalue weighted by molar-refractivity contribution is 5.32. The van der Waals surface area contributed by atoms with Crippen LogP contribution in [0.1, 0.15) is 29.8 Å². The van der Waals surface area contributed by atoms with E-state index in [2.05, 4.69) is 47.7 Å². The van der Waals surface area contributed by atoms with Gasteiger partial charge in [0.15, 0.2) is 0 Å². The first kappa shape index (κ1) is 14.3. The minimum Gasteiger partial charge on any atom is -0.372 e. The Kier molecular flexibility index (Phi) is 4.36. The van der Waals surface area contributed by atoms with Crippen LogP contribution >= 0.6 is 0 Å². The molecule has 0 amide bonds. The third-order valence-electron chi connectivity index (χ3n) is 4.06. The second kappa shape index (κ2) is 6.41. The molecule has 0 fully saturated rings. The van der Waals surface area contributed by atoms with Gasteiger partial charge in [-0.25, -0.2) is 0 Å². The standard InChI is InChI=1S/C17H23N3O/c1-3-18-16(12-14-8-10-20(2)19-14)17-15-7-5-4-6-13(15)9-11-21-17/h4-8,10,16-18H,3,9,11-12H2,1-2H3. The van der Waals surface area contributed by atoms with Crippen molar-refractivity contribution in [3.63, 3.8) is 0 Å². The maximum Gasteiger partial charge on any atom is 0.0984 e. The largest absolute Gasteiger partial charge is 0.372 e. The van der Waals surface area contributed by atoms with Crippen LogP contribution in [0.15, 0.2) is 36.5 Å². The van der Waals surface area contributed by atoms with Crippen molar-refractivity contribution >= 4 is 0 Å². The topological polar surface area (TPSA) is 39.1 Å². The summed E-state index contributed by atoms with van der Waals surface area (Å²) in [5.41, 5.74) is 3.85. The highest BCUT2D eigenvalue weighted by Crippen LogP contribution is 2.30. The van der Waals surface area contributed by atoms with Crippen LogP contribution in [0.4, 0.5) is 0 Å². The van der Waals surface area contributed by atoms with Crippen molar-refractivity contribution in [2.24, 2.45) is 7.05 Å². The lowest BCUT2D eigenvalue weighted by atomic mass is 9.91. The molecule has 2 unspecified atom stereocenters. The molecule has 2 atom stereocenters. The van der Waals surface area contributed by atoms with Crippen LogP contribution in [0.25, 0.3) is 0 Å². The molecular weight excluding hydrogens is 262 g/mol. The number of hydrogen-bond donors (Lipinski definition) is 1. The second-order valence-corrected chi connectivity index (χ2v) is 5.59. The molecule has 1 aliphatic rings. The smallest absolute Gasteiger partial charge is 0.0984 e. The molecule has 0 saturated heterocycles. The zero-order chi connectivity index (χ0) is 14.7. The number of aromatic nitrogens is 2. The first-order valence-corrected chi connectivity index (χ1v) is 7.69. The van der Waals surface area contributed by atoms with Gasteiger partial charge in [0.05, 0.1) is 18.4 Å². The van der Waals surface area contributed by atoms with Crippen molar-refractivity contribution in [2.75, 3.05) is 13.2 Å². The number of fused-ring (bicyclic) bond motifs is 1. The molecule has 21 heavy (non-hydrogen) atoms. The number of ether oxygens (including phenoxy) is 1. The summed E-state index contributed by atoms with van der Waals surface area (Å²) in [5.74, 6) is 0. The molecule has 4 nitrogen and oxygen atoms in total. The maximum absolute atomic E-state index is 6.10. The molecule has 1 N–H and O–H groups in total. The molecule has 3 rings (SSSR count). The van der Waals surface area contributed by atoms with Crippen LogP contribution in [-0.2, 0) is 24.6 Å². The third-order valence-corrected chi connectivity index (χ3v) is 4.06. The molecule has 1 aromatic carbocycles. The van der Waals surface area contributed by atoms with E-state index in [0.717, 1.165) is 31.7 Å². The Morgan fingerprint density at radius 3 is 3.00 bits per heavy atom. The summed E-state index contributed by atoms with van der Waals surface area (Å²) < 4.78 is 7.96. The van der Waals surface area contributed by atoms with E-state index in [9.17, 15) is 0 Å². The predicted molar refractivity (Wildman–Crippen MR) is 83.2 cm³/mol. The molecule has 2 heterocycles. The molecule has 0 radical (unpaired) electrons. The molecule has 1 aromatic heterocycles. The number of aryl methyl sites for hydroxylation is 1. The second-order valence-electron chi connectivity index (χ2n) is 5.59. The monoisotopic (exact) mass is 285 g/mol. The average molecular weight is 285 g/mol. The molecule has 0 spiro atoms. The fraction of sp³-hybridized carbons (Fsp3) is 0.471. The Morgan fingerprint density at radius 2 is 2.24 bits per heavy atom. The molecule has 4 heteroatoms. The van der Waals surface area contributed by atoms with Gasteiger partial charge in [0.2, 0.25) is 0 Å². The lowest BCUT2D eigenvalue weighted by molar-refractivity contribution is 0.0155. The van der Waals surface area contributed by atoms with Crippen molar-refractivity contribution in [2.45, 2.75) is 31.9 Å². The Labute approximate surface area is 126 Å². The minimum absolute atomic E-state index is 0.108. The molecule has 112 valence electrons. The molecule has 0 bridgehead atoms. The summed E-state index contributed by atoms with van der Waals surface area (Å²) in [6.07, 6.45) is 3.99. The number of rotatable bonds is 5. The van der Waals surface area contributed by atoms with Crippen molar-refractivity contribution in [1.82, 2.24) is 15.1 Å². The zero-order valence-electron chi connectivity index (χ0n) is 12.7. The van der Waals surface area contributed by atoms with E-state index in [1.807, 2.05) is 17.9 Å². The number of benzene rings is 1. The molecule has 0 aliphatic carbocycles. The Morgan fingerprint density at radius 1 is 1.38 bits per heavy atom. The van der Waals surface area contributed by atoms with Gasteiger partial charge in [-0.3, -0.25) is 4.68 Å². The molecule has 1 aliphatic heterocycles. The van der Waals surface area contributed by atoms with Crippen molar-refractivity contribution in [3.05, 3.63) is 53.3 Å². The van der Waals surface area contributed by atoms with Crippen LogP contribution in [0.2, 0.25) is 0 Å². The van der Waals surface area contributed by atoms with Gasteiger partial charge in [0.25, 0.3) is 0 Å². The third kappa shape index (κ3) is 3.17. The van der Waals surface area contributed by atoms with E-state index in [1.54, 1.807) is 0 Å². The van der Waals surface area contributed by atoms with Gasteiger partial charge < -0.3 is 10.1 Å². The summed E-state index contributed by atoms with van der Waals surface area (Å²) in [6, 6.07) is 11.0. The first-order valence-electron chi connectivity index (χ1n) is 7.69. The Hall–Kier alpha value is -1.65. The average Bonchev–Trinajstić information content (AvgIpc) is 2.91. The summed E-state index contributed by atoms with van der Waals surface area (Å²) in [6.45, 7) is 3.87. The quantitative estimate of drug-likeness (QED) is 0.916. The molecular formula is C17H23N3O. The number of likely N-dealkylation sites (N-methyl/N-ethyl adjacent to an activating group) is 1. The van der Waals surface area contributed by atoms with E-state index in [1.165, 1.54) is 11.1 Å². The molecule has 0 saturated carbocycles. The van der Waals surface area contributed by atoms with Crippen LogP contribution in [0.3, 0.4) is 0 Å². The predicted octanol–water partition coefficient (Wildman–Crippen LogP) is 2.25. The van der Waals surface area contributed by atoms with Gasteiger partial charge in [-0.15, -0.1) is 0 Å². The van der Waals surface area contributed by atoms with E-state index in [-0.39, 0.29) is 12.1 Å². The van der Waals surface area contributed by atoms with Gasteiger partial charge in [0.1, 0.15) is 0 Å². The van der Waals surface area contributed by atoms with Crippen LogP contribution < -0.4 is 5.32 Å². The summed E-state index contributed by atoms with van der Waals surface area (Å²) >= 11 is 0. The number of nitrogens with one attached hydrogen (secondary N) is 1.